The van der Waals surface area contributed by atoms with Gasteiger partial charge in [0.15, 0.2) is 5.13 Å². The smallest absolute Gasteiger partial charge is 0.311 e. The summed E-state index contributed by atoms with van der Waals surface area (Å²) >= 11 is 1.49. The number of rotatable bonds is 4. The van der Waals surface area contributed by atoms with Gasteiger partial charge in [-0.25, -0.2) is 4.98 Å². The zero-order valence-corrected chi connectivity index (χ0v) is 8.51. The molecule has 0 amide bonds. The van der Waals surface area contributed by atoms with E-state index < -0.39 is 11.4 Å². The molecule has 0 saturated heterocycles. The first-order valence-corrected chi connectivity index (χ1v) is 5.48. The Kier molecular flexibility index (Phi) is 2.41. The van der Waals surface area contributed by atoms with Crippen molar-refractivity contribution in [3.05, 3.63) is 11.6 Å². The monoisotopic (exact) mass is 212 g/mol. The molecular formula is C9H12N2O2S. The predicted molar refractivity (Wildman–Crippen MR) is 54.5 cm³/mol. The van der Waals surface area contributed by atoms with E-state index in [0.717, 1.165) is 24.4 Å². The maximum Gasteiger partial charge on any atom is 0.311 e. The fourth-order valence-corrected chi connectivity index (χ4v) is 2.15. The molecule has 2 N–H and O–H groups in total. The summed E-state index contributed by atoms with van der Waals surface area (Å²) in [6, 6.07) is 0. The summed E-state index contributed by atoms with van der Waals surface area (Å²) in [5.41, 5.74) is -0.536. The number of carboxylic acids is 1. The van der Waals surface area contributed by atoms with Crippen LogP contribution in [0.3, 0.4) is 0 Å². The van der Waals surface area contributed by atoms with Crippen molar-refractivity contribution in [1.82, 2.24) is 4.98 Å². The number of thiazole rings is 1. The number of nitrogens with one attached hydrogen (secondary N) is 1. The lowest BCUT2D eigenvalue weighted by molar-refractivity contribution is -0.153. The molecule has 0 radical (unpaired) electrons. The second kappa shape index (κ2) is 3.57. The SMILES string of the molecule is O=C(O)C1(CNc2nccs2)CCC1. The van der Waals surface area contributed by atoms with E-state index in [1.165, 1.54) is 11.3 Å². The van der Waals surface area contributed by atoms with Crippen LogP contribution in [0.15, 0.2) is 11.6 Å². The highest BCUT2D eigenvalue weighted by molar-refractivity contribution is 7.13. The molecule has 0 aliphatic heterocycles. The number of nitrogens with zero attached hydrogens (tertiary/aromatic N) is 1. The Hall–Kier alpha value is -1.10. The zero-order chi connectivity index (χ0) is 10.0. The van der Waals surface area contributed by atoms with Crippen molar-refractivity contribution in [3.8, 4) is 0 Å². The molecule has 0 atom stereocenters. The number of aliphatic carboxylic acids is 1. The molecule has 2 rings (SSSR count). The van der Waals surface area contributed by atoms with Crippen LogP contribution in [0.1, 0.15) is 19.3 Å². The van der Waals surface area contributed by atoms with Gasteiger partial charge in [-0.1, -0.05) is 6.42 Å². The van der Waals surface area contributed by atoms with Crippen LogP contribution >= 0.6 is 11.3 Å². The van der Waals surface area contributed by atoms with E-state index in [4.69, 9.17) is 5.11 Å². The minimum Gasteiger partial charge on any atom is -0.481 e. The molecule has 76 valence electrons. The van der Waals surface area contributed by atoms with Crippen molar-refractivity contribution >= 4 is 22.4 Å². The fraction of sp³-hybridized carbons (Fsp3) is 0.556. The Morgan fingerprint density at radius 2 is 2.50 bits per heavy atom. The summed E-state index contributed by atoms with van der Waals surface area (Å²) < 4.78 is 0. The third-order valence-electron chi connectivity index (χ3n) is 2.77. The van der Waals surface area contributed by atoms with Crippen molar-refractivity contribution in [2.45, 2.75) is 19.3 Å². The normalized spacial score (nSPS) is 18.6. The number of anilines is 1. The highest BCUT2D eigenvalue weighted by atomic mass is 32.1. The maximum atomic E-state index is 11.0. The molecular weight excluding hydrogens is 200 g/mol. The molecule has 14 heavy (non-hydrogen) atoms. The third-order valence-corrected chi connectivity index (χ3v) is 3.51. The van der Waals surface area contributed by atoms with Crippen molar-refractivity contribution < 1.29 is 9.90 Å². The predicted octanol–water partition coefficient (Wildman–Crippen LogP) is 1.81. The molecule has 1 fully saturated rings. The van der Waals surface area contributed by atoms with E-state index in [1.807, 2.05) is 5.38 Å². The molecule has 1 aromatic heterocycles. The van der Waals surface area contributed by atoms with Crippen molar-refractivity contribution in [1.29, 1.82) is 0 Å². The molecule has 1 aliphatic carbocycles. The maximum absolute atomic E-state index is 11.0. The standard InChI is InChI=1S/C9H12N2O2S/c12-7(13)9(2-1-3-9)6-11-8-10-4-5-14-8/h4-5H,1-3,6H2,(H,10,11)(H,12,13). The van der Waals surface area contributed by atoms with Crippen LogP contribution in [0, 0.1) is 5.41 Å². The van der Waals surface area contributed by atoms with E-state index in [-0.39, 0.29) is 0 Å². The molecule has 0 aromatic carbocycles. The van der Waals surface area contributed by atoms with Crippen LogP contribution in [-0.4, -0.2) is 22.6 Å². The van der Waals surface area contributed by atoms with Gasteiger partial charge in [0, 0.05) is 18.1 Å². The summed E-state index contributed by atoms with van der Waals surface area (Å²) in [6.45, 7) is 0.496. The fourth-order valence-electron chi connectivity index (χ4n) is 1.63. The van der Waals surface area contributed by atoms with E-state index in [2.05, 4.69) is 10.3 Å². The van der Waals surface area contributed by atoms with E-state index >= 15 is 0 Å². The van der Waals surface area contributed by atoms with Crippen molar-refractivity contribution in [2.75, 3.05) is 11.9 Å². The van der Waals surface area contributed by atoms with Crippen LogP contribution in [0.5, 0.6) is 0 Å². The van der Waals surface area contributed by atoms with Gasteiger partial charge in [-0.15, -0.1) is 11.3 Å². The molecule has 0 unspecified atom stereocenters. The Morgan fingerprint density at radius 1 is 1.71 bits per heavy atom. The lowest BCUT2D eigenvalue weighted by Gasteiger charge is -2.37. The minimum atomic E-state index is -0.687. The Labute approximate surface area is 86.0 Å². The summed E-state index contributed by atoms with van der Waals surface area (Å²) in [6.07, 6.45) is 4.29. The lowest BCUT2D eigenvalue weighted by Crippen LogP contribution is -2.43. The molecule has 5 heteroatoms. The van der Waals surface area contributed by atoms with E-state index in [1.54, 1.807) is 6.20 Å². The number of carboxylic acid groups (broad SMARTS) is 1. The molecule has 1 aliphatic rings. The largest absolute Gasteiger partial charge is 0.481 e. The summed E-state index contributed by atoms with van der Waals surface area (Å²) in [5, 5.41) is 14.8. The van der Waals surface area contributed by atoms with E-state index in [9.17, 15) is 4.79 Å². The average molecular weight is 212 g/mol. The average Bonchev–Trinajstić information content (AvgIpc) is 2.53. The number of carbonyl (C=O) groups is 1. The molecule has 1 heterocycles. The summed E-state index contributed by atoms with van der Waals surface area (Å²) in [4.78, 5) is 15.1. The minimum absolute atomic E-state index is 0.496. The van der Waals surface area contributed by atoms with Gasteiger partial charge in [0.05, 0.1) is 5.41 Å². The van der Waals surface area contributed by atoms with Gasteiger partial charge in [-0.2, -0.15) is 0 Å². The van der Waals surface area contributed by atoms with Crippen molar-refractivity contribution in [3.63, 3.8) is 0 Å². The van der Waals surface area contributed by atoms with Gasteiger partial charge >= 0.3 is 5.97 Å². The second-order valence-corrected chi connectivity index (χ2v) is 4.52. The second-order valence-electron chi connectivity index (χ2n) is 3.63. The highest BCUT2D eigenvalue weighted by Gasteiger charge is 2.44. The van der Waals surface area contributed by atoms with Gasteiger partial charge in [0.1, 0.15) is 0 Å². The lowest BCUT2D eigenvalue weighted by atomic mass is 9.69. The van der Waals surface area contributed by atoms with Crippen LogP contribution in [0.2, 0.25) is 0 Å². The summed E-state index contributed by atoms with van der Waals surface area (Å²) in [7, 11) is 0. The van der Waals surface area contributed by atoms with Gasteiger partial charge in [0.25, 0.3) is 0 Å². The Bertz CT molecular complexity index is 320. The number of hydrogen-bond acceptors (Lipinski definition) is 4. The zero-order valence-electron chi connectivity index (χ0n) is 7.69. The van der Waals surface area contributed by atoms with Gasteiger partial charge in [0.2, 0.25) is 0 Å². The first-order valence-electron chi connectivity index (χ1n) is 4.60. The molecule has 1 aromatic rings. The van der Waals surface area contributed by atoms with Crippen LogP contribution in [-0.2, 0) is 4.79 Å². The highest BCUT2D eigenvalue weighted by Crippen LogP contribution is 2.41. The van der Waals surface area contributed by atoms with Gasteiger partial charge in [-0.3, -0.25) is 4.79 Å². The van der Waals surface area contributed by atoms with Crippen LogP contribution in [0.4, 0.5) is 5.13 Å². The van der Waals surface area contributed by atoms with E-state index in [0.29, 0.717) is 6.54 Å². The Morgan fingerprint density at radius 3 is 2.93 bits per heavy atom. The van der Waals surface area contributed by atoms with Gasteiger partial charge in [-0.05, 0) is 12.8 Å². The molecule has 0 spiro atoms. The van der Waals surface area contributed by atoms with Crippen LogP contribution < -0.4 is 5.32 Å². The first-order chi connectivity index (χ1) is 6.73. The molecule has 1 saturated carbocycles. The van der Waals surface area contributed by atoms with Crippen molar-refractivity contribution in [2.24, 2.45) is 5.41 Å². The number of hydrogen-bond donors (Lipinski definition) is 2. The third kappa shape index (κ3) is 1.59. The Balaban J connectivity index is 1.93. The quantitative estimate of drug-likeness (QED) is 0.799. The molecule has 0 bridgehead atoms. The first kappa shape index (κ1) is 9.45. The molecule has 4 nitrogen and oxygen atoms in total. The van der Waals surface area contributed by atoms with Crippen LogP contribution in [0.25, 0.3) is 0 Å². The summed E-state index contributed by atoms with van der Waals surface area (Å²) in [5.74, 6) is -0.687. The van der Waals surface area contributed by atoms with Gasteiger partial charge < -0.3 is 10.4 Å². The topological polar surface area (TPSA) is 62.2 Å². The number of aromatic nitrogens is 1.